The largest absolute Gasteiger partial charge is 0.383 e. The Kier molecular flexibility index (Phi) is 6.61. The molecule has 0 aliphatic carbocycles. The van der Waals surface area contributed by atoms with Crippen molar-refractivity contribution in [3.05, 3.63) is 25.3 Å². The van der Waals surface area contributed by atoms with Crippen LogP contribution in [0.5, 0.6) is 0 Å². The lowest BCUT2D eigenvalue weighted by molar-refractivity contribution is 0.200. The second-order valence-corrected chi connectivity index (χ2v) is 5.97. The van der Waals surface area contributed by atoms with Crippen LogP contribution in [0.4, 0.5) is 0 Å². The third kappa shape index (κ3) is 4.97. The predicted octanol–water partition coefficient (Wildman–Crippen LogP) is 3.80. The summed E-state index contributed by atoms with van der Waals surface area (Å²) in [5, 5.41) is 3.29. The zero-order valence-electron chi connectivity index (χ0n) is 9.35. The van der Waals surface area contributed by atoms with Gasteiger partial charge in [-0.2, -0.15) is 0 Å². The van der Waals surface area contributed by atoms with Gasteiger partial charge in [-0.25, -0.2) is 0 Å². The first-order chi connectivity index (χ1) is 7.63. The molecule has 1 aromatic rings. The van der Waals surface area contributed by atoms with Gasteiger partial charge >= 0.3 is 0 Å². The number of ether oxygens (including phenoxy) is 1. The van der Waals surface area contributed by atoms with Gasteiger partial charge < -0.3 is 10.1 Å². The van der Waals surface area contributed by atoms with Crippen LogP contribution in [-0.4, -0.2) is 26.8 Å². The summed E-state index contributed by atoms with van der Waals surface area (Å²) < 4.78 is 6.72. The predicted molar refractivity (Wildman–Crippen MR) is 75.4 cm³/mol. The first-order valence-electron chi connectivity index (χ1n) is 4.95. The highest BCUT2D eigenvalue weighted by Crippen LogP contribution is 2.32. The average molecular weight is 325 g/mol. The van der Waals surface area contributed by atoms with Crippen LogP contribution in [0.15, 0.2) is 16.1 Å². The van der Waals surface area contributed by atoms with Gasteiger partial charge in [-0.1, -0.05) is 17.2 Å². The van der Waals surface area contributed by atoms with Gasteiger partial charge in [-0.15, -0.1) is 11.3 Å². The van der Waals surface area contributed by atoms with Crippen LogP contribution < -0.4 is 5.32 Å². The van der Waals surface area contributed by atoms with Gasteiger partial charge in [-0.05, 0) is 35.0 Å². The minimum Gasteiger partial charge on any atom is -0.383 e. The maximum atomic E-state index is 5.97. The molecule has 5 heteroatoms. The number of rotatable bonds is 6. The molecular formula is C11H15BrClNOS. The second kappa shape index (κ2) is 7.45. The molecule has 0 aromatic carbocycles. The molecule has 16 heavy (non-hydrogen) atoms. The Morgan fingerprint density at radius 3 is 3.00 bits per heavy atom. The smallest absolute Gasteiger partial charge is 0.108 e. The van der Waals surface area contributed by atoms with Gasteiger partial charge in [-0.3, -0.25) is 0 Å². The molecular weight excluding hydrogens is 310 g/mol. The molecule has 0 aliphatic rings. The minimum atomic E-state index is 0.740. The number of nitrogens with one attached hydrogen (secondary N) is 1. The fraction of sp³-hybridized carbons (Fsp3) is 0.455. The van der Waals surface area contributed by atoms with E-state index in [0.717, 1.165) is 28.5 Å². The zero-order valence-corrected chi connectivity index (χ0v) is 12.5. The Labute approximate surface area is 114 Å². The van der Waals surface area contributed by atoms with E-state index < -0.39 is 0 Å². The van der Waals surface area contributed by atoms with Crippen LogP contribution >= 0.6 is 38.9 Å². The highest BCUT2D eigenvalue weighted by Gasteiger charge is 2.02. The maximum absolute atomic E-state index is 5.97. The van der Waals surface area contributed by atoms with E-state index in [1.807, 2.05) is 6.07 Å². The SMILES string of the molecule is COCCNCC(C)=Cc1cc(Br)c(Cl)s1. The van der Waals surface area contributed by atoms with Crippen LogP contribution in [0.25, 0.3) is 6.08 Å². The molecule has 0 fully saturated rings. The molecule has 0 atom stereocenters. The monoisotopic (exact) mass is 323 g/mol. The van der Waals surface area contributed by atoms with Crippen molar-refractivity contribution in [3.8, 4) is 0 Å². The lowest BCUT2D eigenvalue weighted by Gasteiger charge is -2.03. The molecule has 1 rings (SSSR count). The Balaban J connectivity index is 2.43. The third-order valence-electron chi connectivity index (χ3n) is 1.94. The Hall–Kier alpha value is 0.130. The molecule has 0 spiro atoms. The van der Waals surface area contributed by atoms with E-state index in [4.69, 9.17) is 16.3 Å². The van der Waals surface area contributed by atoms with Crippen LogP contribution in [-0.2, 0) is 4.74 Å². The van der Waals surface area contributed by atoms with Crippen molar-refractivity contribution in [2.24, 2.45) is 0 Å². The summed E-state index contributed by atoms with van der Waals surface area (Å²) in [6.45, 7) is 4.58. The van der Waals surface area contributed by atoms with E-state index in [2.05, 4.69) is 34.2 Å². The molecule has 1 aromatic heterocycles. The van der Waals surface area contributed by atoms with Gasteiger partial charge in [0.15, 0.2) is 0 Å². The summed E-state index contributed by atoms with van der Waals surface area (Å²) in [4.78, 5) is 1.17. The van der Waals surface area contributed by atoms with Crippen molar-refractivity contribution in [2.75, 3.05) is 26.8 Å². The third-order valence-corrected chi connectivity index (χ3v) is 4.36. The maximum Gasteiger partial charge on any atom is 0.108 e. The van der Waals surface area contributed by atoms with Crippen molar-refractivity contribution in [3.63, 3.8) is 0 Å². The Morgan fingerprint density at radius 1 is 1.69 bits per heavy atom. The normalized spacial score (nSPS) is 12.1. The van der Waals surface area contributed by atoms with E-state index in [1.54, 1.807) is 18.4 Å². The summed E-state index contributed by atoms with van der Waals surface area (Å²) in [7, 11) is 1.70. The molecule has 90 valence electrons. The minimum absolute atomic E-state index is 0.740. The van der Waals surface area contributed by atoms with Gasteiger partial charge in [0.2, 0.25) is 0 Å². The average Bonchev–Trinajstić information content (AvgIpc) is 2.53. The van der Waals surface area contributed by atoms with Crippen molar-refractivity contribution in [1.82, 2.24) is 5.32 Å². The topological polar surface area (TPSA) is 21.3 Å². The molecule has 1 N–H and O–H groups in total. The summed E-state index contributed by atoms with van der Waals surface area (Å²) in [5.74, 6) is 0. The Bertz CT molecular complexity index is 345. The quantitative estimate of drug-likeness (QED) is 0.804. The molecule has 0 saturated carbocycles. The molecule has 0 saturated heterocycles. The van der Waals surface area contributed by atoms with E-state index >= 15 is 0 Å². The van der Waals surface area contributed by atoms with Crippen LogP contribution in [0.3, 0.4) is 0 Å². The highest BCUT2D eigenvalue weighted by molar-refractivity contribution is 9.10. The van der Waals surface area contributed by atoms with Crippen LogP contribution in [0.2, 0.25) is 4.34 Å². The number of hydrogen-bond acceptors (Lipinski definition) is 3. The van der Waals surface area contributed by atoms with Crippen LogP contribution in [0.1, 0.15) is 11.8 Å². The zero-order chi connectivity index (χ0) is 12.0. The van der Waals surface area contributed by atoms with Gasteiger partial charge in [0, 0.05) is 29.5 Å². The summed E-state index contributed by atoms with van der Waals surface area (Å²) >= 11 is 10.9. The van der Waals surface area contributed by atoms with E-state index in [9.17, 15) is 0 Å². The molecule has 1 heterocycles. The molecule has 0 aliphatic heterocycles. The summed E-state index contributed by atoms with van der Waals surface area (Å²) in [6.07, 6.45) is 2.14. The van der Waals surface area contributed by atoms with Crippen molar-refractivity contribution < 1.29 is 4.74 Å². The first kappa shape index (κ1) is 14.2. The number of methoxy groups -OCH3 is 1. The van der Waals surface area contributed by atoms with Gasteiger partial charge in [0.25, 0.3) is 0 Å². The standard InChI is InChI=1S/C11H15BrClNOS/c1-8(7-14-3-4-15-2)5-9-6-10(12)11(13)16-9/h5-6,14H,3-4,7H2,1-2H3. The van der Waals surface area contributed by atoms with Gasteiger partial charge in [0.1, 0.15) is 4.34 Å². The van der Waals surface area contributed by atoms with E-state index in [1.165, 1.54) is 10.5 Å². The second-order valence-electron chi connectivity index (χ2n) is 3.43. The lowest BCUT2D eigenvalue weighted by Crippen LogP contribution is -2.20. The fourth-order valence-electron chi connectivity index (χ4n) is 1.19. The van der Waals surface area contributed by atoms with Crippen molar-refractivity contribution in [1.29, 1.82) is 0 Å². The van der Waals surface area contributed by atoms with Crippen LogP contribution in [0, 0.1) is 0 Å². The molecule has 0 unspecified atom stereocenters. The molecule has 0 radical (unpaired) electrons. The van der Waals surface area contributed by atoms with Crippen molar-refractivity contribution >= 4 is 44.9 Å². The van der Waals surface area contributed by atoms with E-state index in [-0.39, 0.29) is 0 Å². The fourth-order valence-corrected chi connectivity index (χ4v) is 2.95. The Morgan fingerprint density at radius 2 is 2.44 bits per heavy atom. The lowest BCUT2D eigenvalue weighted by atomic mass is 10.2. The first-order valence-corrected chi connectivity index (χ1v) is 6.94. The molecule has 0 bridgehead atoms. The van der Waals surface area contributed by atoms with Gasteiger partial charge in [0.05, 0.1) is 6.61 Å². The molecule has 2 nitrogen and oxygen atoms in total. The van der Waals surface area contributed by atoms with E-state index in [0.29, 0.717) is 0 Å². The number of halogens is 2. The summed E-state index contributed by atoms with van der Waals surface area (Å²) in [5.41, 5.74) is 1.28. The highest BCUT2D eigenvalue weighted by atomic mass is 79.9. The number of hydrogen-bond donors (Lipinski definition) is 1. The van der Waals surface area contributed by atoms with Crippen molar-refractivity contribution in [2.45, 2.75) is 6.92 Å². The summed E-state index contributed by atoms with van der Waals surface area (Å²) in [6, 6.07) is 2.03. The molecule has 0 amide bonds. The number of thiophene rings is 1.